The highest BCUT2D eigenvalue weighted by Crippen LogP contribution is 2.27. The standard InChI is InChI=1S/C17H34N4O2/c1-13(2)19(5)17(23)12-21(15-7-8-15)10-9-14(3)20(6)16(22)11-18-4/h13-15,18H,7-12H2,1-6H3. The van der Waals surface area contributed by atoms with E-state index in [1.54, 1.807) is 16.8 Å². The van der Waals surface area contributed by atoms with Crippen molar-refractivity contribution in [1.29, 1.82) is 0 Å². The van der Waals surface area contributed by atoms with Crippen LogP contribution in [0.2, 0.25) is 0 Å². The van der Waals surface area contributed by atoms with Crippen LogP contribution in [0.3, 0.4) is 0 Å². The van der Waals surface area contributed by atoms with Gasteiger partial charge >= 0.3 is 0 Å². The maximum Gasteiger partial charge on any atom is 0.236 e. The first-order valence-electron chi connectivity index (χ1n) is 8.67. The smallest absolute Gasteiger partial charge is 0.236 e. The van der Waals surface area contributed by atoms with E-state index in [1.165, 1.54) is 12.8 Å². The normalized spacial score (nSPS) is 15.8. The minimum Gasteiger partial charge on any atom is -0.342 e. The molecule has 1 rings (SSSR count). The summed E-state index contributed by atoms with van der Waals surface area (Å²) in [6.07, 6.45) is 3.25. The van der Waals surface area contributed by atoms with Gasteiger partial charge in [0.1, 0.15) is 0 Å². The maximum absolute atomic E-state index is 12.3. The Bertz CT molecular complexity index is 396. The van der Waals surface area contributed by atoms with E-state index in [9.17, 15) is 9.59 Å². The number of carbonyl (C=O) groups excluding carboxylic acids is 2. The van der Waals surface area contributed by atoms with E-state index in [0.29, 0.717) is 19.1 Å². The van der Waals surface area contributed by atoms with Gasteiger partial charge in [0.05, 0.1) is 13.1 Å². The predicted octanol–water partition coefficient (Wildman–Crippen LogP) is 0.774. The second kappa shape index (κ2) is 9.23. The van der Waals surface area contributed by atoms with Gasteiger partial charge in [0.25, 0.3) is 0 Å². The summed E-state index contributed by atoms with van der Waals surface area (Å²) < 4.78 is 0. The van der Waals surface area contributed by atoms with E-state index in [1.807, 2.05) is 27.9 Å². The summed E-state index contributed by atoms with van der Waals surface area (Å²) in [4.78, 5) is 30.1. The third-order valence-electron chi connectivity index (χ3n) is 4.79. The molecule has 6 nitrogen and oxygen atoms in total. The first-order chi connectivity index (χ1) is 10.8. The number of hydrogen-bond acceptors (Lipinski definition) is 4. The highest BCUT2D eigenvalue weighted by atomic mass is 16.2. The Labute approximate surface area is 141 Å². The minimum atomic E-state index is 0.105. The average Bonchev–Trinajstić information content (AvgIpc) is 3.33. The van der Waals surface area contributed by atoms with Gasteiger partial charge in [-0.2, -0.15) is 0 Å². The molecule has 0 bridgehead atoms. The van der Waals surface area contributed by atoms with Gasteiger partial charge in [-0.05, 0) is 47.1 Å². The molecule has 0 aromatic heterocycles. The Kier molecular flexibility index (Phi) is 7.99. The lowest BCUT2D eigenvalue weighted by Gasteiger charge is -2.30. The minimum absolute atomic E-state index is 0.105. The van der Waals surface area contributed by atoms with Crippen LogP contribution in [0, 0.1) is 0 Å². The van der Waals surface area contributed by atoms with Crippen LogP contribution in [0.1, 0.15) is 40.0 Å². The summed E-state index contributed by atoms with van der Waals surface area (Å²) in [5, 5.41) is 2.89. The lowest BCUT2D eigenvalue weighted by Crippen LogP contribution is -2.45. The molecule has 0 saturated heterocycles. The molecule has 1 fully saturated rings. The van der Waals surface area contributed by atoms with Crippen LogP contribution in [-0.2, 0) is 9.59 Å². The van der Waals surface area contributed by atoms with Crippen LogP contribution in [0.5, 0.6) is 0 Å². The van der Waals surface area contributed by atoms with Crippen LogP contribution in [-0.4, -0.2) is 85.4 Å². The third-order valence-corrected chi connectivity index (χ3v) is 4.79. The molecule has 1 aliphatic carbocycles. The van der Waals surface area contributed by atoms with E-state index >= 15 is 0 Å². The van der Waals surface area contributed by atoms with Crippen molar-refractivity contribution >= 4 is 11.8 Å². The molecule has 6 heteroatoms. The van der Waals surface area contributed by atoms with E-state index in [2.05, 4.69) is 17.1 Å². The summed E-state index contributed by atoms with van der Waals surface area (Å²) >= 11 is 0. The van der Waals surface area contributed by atoms with E-state index in [4.69, 9.17) is 0 Å². The number of hydrogen-bond donors (Lipinski definition) is 1. The van der Waals surface area contributed by atoms with Gasteiger partial charge in [0.2, 0.25) is 11.8 Å². The van der Waals surface area contributed by atoms with Crippen molar-refractivity contribution < 1.29 is 9.59 Å². The Morgan fingerprint density at radius 3 is 2.17 bits per heavy atom. The molecule has 1 aliphatic rings. The van der Waals surface area contributed by atoms with Crippen LogP contribution in [0.4, 0.5) is 0 Å². The Morgan fingerprint density at radius 1 is 1.09 bits per heavy atom. The molecule has 1 unspecified atom stereocenters. The van der Waals surface area contributed by atoms with Gasteiger partial charge in [-0.1, -0.05) is 0 Å². The maximum atomic E-state index is 12.3. The van der Waals surface area contributed by atoms with Crippen LogP contribution >= 0.6 is 0 Å². The van der Waals surface area contributed by atoms with Gasteiger partial charge in [0.15, 0.2) is 0 Å². The van der Waals surface area contributed by atoms with Crippen LogP contribution in [0.25, 0.3) is 0 Å². The molecule has 0 radical (unpaired) electrons. The first kappa shape index (κ1) is 19.9. The van der Waals surface area contributed by atoms with Gasteiger partial charge in [0, 0.05) is 38.8 Å². The summed E-state index contributed by atoms with van der Waals surface area (Å²) in [7, 11) is 5.50. The number of nitrogens with zero attached hydrogens (tertiary/aromatic N) is 3. The molecule has 0 aliphatic heterocycles. The Balaban J connectivity index is 2.47. The zero-order chi connectivity index (χ0) is 17.6. The monoisotopic (exact) mass is 326 g/mol. The molecule has 1 saturated carbocycles. The summed E-state index contributed by atoms with van der Waals surface area (Å²) in [6, 6.07) is 0.952. The fraction of sp³-hybridized carbons (Fsp3) is 0.882. The van der Waals surface area contributed by atoms with Crippen LogP contribution in [0.15, 0.2) is 0 Å². The molecular weight excluding hydrogens is 292 g/mol. The molecule has 0 aromatic carbocycles. The number of amides is 2. The fourth-order valence-electron chi connectivity index (χ4n) is 2.47. The van der Waals surface area contributed by atoms with Crippen molar-refractivity contribution in [3.63, 3.8) is 0 Å². The fourth-order valence-corrected chi connectivity index (χ4v) is 2.47. The summed E-state index contributed by atoms with van der Waals surface area (Å²) in [5.41, 5.74) is 0. The number of rotatable bonds is 10. The molecule has 134 valence electrons. The Hall–Kier alpha value is -1.14. The largest absolute Gasteiger partial charge is 0.342 e. The van der Waals surface area contributed by atoms with Crippen molar-refractivity contribution in [1.82, 2.24) is 20.0 Å². The van der Waals surface area contributed by atoms with E-state index in [0.717, 1.165) is 13.0 Å². The van der Waals surface area contributed by atoms with Gasteiger partial charge in [-0.25, -0.2) is 0 Å². The van der Waals surface area contributed by atoms with Gasteiger partial charge in [-0.3, -0.25) is 14.5 Å². The topological polar surface area (TPSA) is 55.9 Å². The molecule has 0 heterocycles. The zero-order valence-electron chi connectivity index (χ0n) is 15.6. The second-order valence-electron chi connectivity index (χ2n) is 6.97. The lowest BCUT2D eigenvalue weighted by molar-refractivity contribution is -0.133. The summed E-state index contributed by atoms with van der Waals surface area (Å²) in [5.74, 6) is 0.285. The van der Waals surface area contributed by atoms with E-state index < -0.39 is 0 Å². The molecular formula is C17H34N4O2. The molecule has 23 heavy (non-hydrogen) atoms. The summed E-state index contributed by atoms with van der Waals surface area (Å²) in [6.45, 7) is 7.85. The van der Waals surface area contributed by atoms with Gasteiger partial charge in [-0.15, -0.1) is 0 Å². The van der Waals surface area contributed by atoms with Crippen molar-refractivity contribution in [2.75, 3.05) is 40.8 Å². The average molecular weight is 326 g/mol. The number of carbonyl (C=O) groups is 2. The number of nitrogens with one attached hydrogen (secondary N) is 1. The Morgan fingerprint density at radius 2 is 1.70 bits per heavy atom. The first-order valence-corrected chi connectivity index (χ1v) is 8.67. The molecule has 2 amide bonds. The molecule has 1 atom stereocenters. The predicted molar refractivity (Wildman–Crippen MR) is 93.3 cm³/mol. The van der Waals surface area contributed by atoms with Gasteiger partial charge < -0.3 is 15.1 Å². The second-order valence-corrected chi connectivity index (χ2v) is 6.97. The van der Waals surface area contributed by atoms with Crippen molar-refractivity contribution in [3.8, 4) is 0 Å². The quantitative estimate of drug-likeness (QED) is 0.644. The molecule has 1 N–H and O–H groups in total. The highest BCUT2D eigenvalue weighted by Gasteiger charge is 2.31. The SMILES string of the molecule is CNCC(=O)N(C)C(C)CCN(CC(=O)N(C)C(C)C)C1CC1. The molecule has 0 spiro atoms. The van der Waals surface area contributed by atoms with E-state index in [-0.39, 0.29) is 23.9 Å². The number of likely N-dealkylation sites (N-methyl/N-ethyl adjacent to an activating group) is 3. The van der Waals surface area contributed by atoms with Crippen molar-refractivity contribution in [3.05, 3.63) is 0 Å². The van der Waals surface area contributed by atoms with Crippen molar-refractivity contribution in [2.24, 2.45) is 0 Å². The highest BCUT2D eigenvalue weighted by molar-refractivity contribution is 5.78. The lowest BCUT2D eigenvalue weighted by atomic mass is 10.2. The van der Waals surface area contributed by atoms with Crippen LogP contribution < -0.4 is 5.32 Å². The van der Waals surface area contributed by atoms with Crippen molar-refractivity contribution in [2.45, 2.75) is 58.2 Å². The zero-order valence-corrected chi connectivity index (χ0v) is 15.6. The molecule has 0 aromatic rings. The third kappa shape index (κ3) is 6.47.